The molecule has 7 heteroatoms. The van der Waals surface area contributed by atoms with E-state index in [9.17, 15) is 13.2 Å². The molecule has 1 aromatic carbocycles. The van der Waals surface area contributed by atoms with E-state index in [0.29, 0.717) is 45.4 Å². The Balaban J connectivity index is 1.77. The van der Waals surface area contributed by atoms with Gasteiger partial charge in [0.1, 0.15) is 5.75 Å². The van der Waals surface area contributed by atoms with Crippen LogP contribution in [0.5, 0.6) is 5.75 Å². The smallest absolute Gasteiger partial charge is 0.224 e. The lowest BCUT2D eigenvalue weighted by Gasteiger charge is -2.31. The van der Waals surface area contributed by atoms with E-state index in [-0.39, 0.29) is 17.7 Å². The van der Waals surface area contributed by atoms with Crippen molar-refractivity contribution in [1.82, 2.24) is 9.62 Å². The van der Waals surface area contributed by atoms with Gasteiger partial charge in [-0.15, -0.1) is 0 Å². The zero-order chi connectivity index (χ0) is 19.0. The molecular weight excluding hydrogens is 352 g/mol. The Hall–Kier alpha value is -1.60. The van der Waals surface area contributed by atoms with Crippen LogP contribution in [-0.4, -0.2) is 50.1 Å². The van der Waals surface area contributed by atoms with Crippen molar-refractivity contribution in [3.63, 3.8) is 0 Å². The van der Waals surface area contributed by atoms with Gasteiger partial charge in [-0.25, -0.2) is 12.7 Å². The molecule has 0 radical (unpaired) electrons. The topological polar surface area (TPSA) is 75.7 Å². The number of ether oxygens (including phenoxy) is 1. The van der Waals surface area contributed by atoms with Crippen molar-refractivity contribution < 1.29 is 17.9 Å². The van der Waals surface area contributed by atoms with Gasteiger partial charge in [0.05, 0.1) is 18.8 Å². The van der Waals surface area contributed by atoms with Gasteiger partial charge in [0, 0.05) is 19.1 Å². The fourth-order valence-electron chi connectivity index (χ4n) is 3.07. The lowest BCUT2D eigenvalue weighted by Crippen LogP contribution is -2.47. The maximum Gasteiger partial charge on any atom is 0.224 e. The summed E-state index contributed by atoms with van der Waals surface area (Å²) in [5.74, 6) is 0.993. The summed E-state index contributed by atoms with van der Waals surface area (Å²) in [6.07, 6.45) is 3.22. The standard InChI is InChI=1S/C19H30N2O4S/c1-3-5-14-26(23,24)21-12-10-17(11-13-21)20-19(22)15-16-6-8-18(9-7-16)25-4-2/h6-9,17H,3-5,10-15H2,1-2H3,(H,20,22). The first-order valence-electron chi connectivity index (χ1n) is 9.43. The van der Waals surface area contributed by atoms with Crippen LogP contribution >= 0.6 is 0 Å². The molecule has 6 nitrogen and oxygen atoms in total. The molecule has 1 aromatic rings. The zero-order valence-corrected chi connectivity index (χ0v) is 16.6. The highest BCUT2D eigenvalue weighted by Gasteiger charge is 2.28. The van der Waals surface area contributed by atoms with E-state index < -0.39 is 10.0 Å². The number of amides is 1. The number of rotatable bonds is 9. The van der Waals surface area contributed by atoms with Gasteiger partial charge in [-0.1, -0.05) is 25.5 Å². The van der Waals surface area contributed by atoms with Crippen LogP contribution in [0.4, 0.5) is 0 Å². The Morgan fingerprint density at radius 2 is 1.85 bits per heavy atom. The predicted molar refractivity (Wildman–Crippen MR) is 103 cm³/mol. The summed E-state index contributed by atoms with van der Waals surface area (Å²) in [7, 11) is -3.15. The van der Waals surface area contributed by atoms with Crippen LogP contribution in [0.15, 0.2) is 24.3 Å². The minimum absolute atomic E-state index is 0.0264. The molecule has 1 saturated heterocycles. The second kappa shape index (κ2) is 9.92. The molecule has 0 aliphatic carbocycles. The highest BCUT2D eigenvalue weighted by atomic mass is 32.2. The first-order chi connectivity index (χ1) is 12.4. The van der Waals surface area contributed by atoms with E-state index in [4.69, 9.17) is 4.74 Å². The number of nitrogens with zero attached hydrogens (tertiary/aromatic N) is 1. The number of sulfonamides is 1. The van der Waals surface area contributed by atoms with E-state index in [2.05, 4.69) is 5.32 Å². The Morgan fingerprint density at radius 1 is 1.19 bits per heavy atom. The predicted octanol–water partition coefficient (Wildman–Crippen LogP) is 2.34. The van der Waals surface area contributed by atoms with Crippen LogP contribution in [0.25, 0.3) is 0 Å². The minimum Gasteiger partial charge on any atom is -0.494 e. The molecule has 1 N–H and O–H groups in total. The molecule has 1 fully saturated rings. The van der Waals surface area contributed by atoms with Gasteiger partial charge in [0.25, 0.3) is 0 Å². The van der Waals surface area contributed by atoms with E-state index in [0.717, 1.165) is 17.7 Å². The number of carbonyl (C=O) groups is 1. The van der Waals surface area contributed by atoms with Crippen molar-refractivity contribution in [2.24, 2.45) is 0 Å². The monoisotopic (exact) mass is 382 g/mol. The van der Waals surface area contributed by atoms with Gasteiger partial charge in [-0.05, 0) is 43.9 Å². The third-order valence-corrected chi connectivity index (χ3v) is 6.52. The van der Waals surface area contributed by atoms with Crippen molar-refractivity contribution in [3.05, 3.63) is 29.8 Å². The normalized spacial score (nSPS) is 16.4. The Kier molecular flexibility index (Phi) is 7.90. The molecule has 0 atom stereocenters. The second-order valence-corrected chi connectivity index (χ2v) is 8.75. The van der Waals surface area contributed by atoms with E-state index in [1.165, 1.54) is 0 Å². The van der Waals surface area contributed by atoms with Crippen molar-refractivity contribution in [3.8, 4) is 5.75 Å². The summed E-state index contributed by atoms with van der Waals surface area (Å²) in [5, 5.41) is 3.03. The highest BCUT2D eigenvalue weighted by molar-refractivity contribution is 7.89. The first kappa shape index (κ1) is 20.7. The van der Waals surface area contributed by atoms with Gasteiger partial charge < -0.3 is 10.1 Å². The summed E-state index contributed by atoms with van der Waals surface area (Å²) >= 11 is 0. The second-order valence-electron chi connectivity index (χ2n) is 6.66. The average molecular weight is 383 g/mol. The maximum atomic E-state index is 12.2. The van der Waals surface area contributed by atoms with Crippen LogP contribution in [0, 0.1) is 0 Å². The molecule has 0 unspecified atom stereocenters. The van der Waals surface area contributed by atoms with Crippen molar-refractivity contribution in [1.29, 1.82) is 0 Å². The molecule has 1 amide bonds. The van der Waals surface area contributed by atoms with Crippen LogP contribution < -0.4 is 10.1 Å². The van der Waals surface area contributed by atoms with Crippen molar-refractivity contribution >= 4 is 15.9 Å². The van der Waals surface area contributed by atoms with Gasteiger partial charge in [-0.2, -0.15) is 0 Å². The molecule has 0 spiro atoms. The molecule has 1 aliphatic rings. The third kappa shape index (κ3) is 6.29. The van der Waals surface area contributed by atoms with E-state index in [1.807, 2.05) is 38.1 Å². The Bertz CT molecular complexity index is 665. The molecule has 146 valence electrons. The molecule has 0 aromatic heterocycles. The summed E-state index contributed by atoms with van der Waals surface area (Å²) in [6, 6.07) is 7.57. The zero-order valence-electron chi connectivity index (χ0n) is 15.7. The maximum absolute atomic E-state index is 12.2. The van der Waals surface area contributed by atoms with E-state index in [1.54, 1.807) is 4.31 Å². The van der Waals surface area contributed by atoms with Gasteiger partial charge in [0.2, 0.25) is 15.9 Å². The number of carbonyl (C=O) groups excluding carboxylic acids is 1. The van der Waals surface area contributed by atoms with Crippen LogP contribution in [0.1, 0.15) is 45.1 Å². The Labute approximate surface area is 157 Å². The number of benzene rings is 1. The summed E-state index contributed by atoms with van der Waals surface area (Å²) in [4.78, 5) is 12.2. The molecule has 26 heavy (non-hydrogen) atoms. The third-order valence-electron chi connectivity index (χ3n) is 4.57. The Morgan fingerprint density at radius 3 is 2.42 bits per heavy atom. The van der Waals surface area contributed by atoms with Crippen LogP contribution in [-0.2, 0) is 21.2 Å². The first-order valence-corrected chi connectivity index (χ1v) is 11.0. The number of piperidine rings is 1. The fraction of sp³-hybridized carbons (Fsp3) is 0.632. The molecule has 2 rings (SSSR count). The van der Waals surface area contributed by atoms with Crippen molar-refractivity contribution in [2.45, 2.75) is 52.0 Å². The number of hydrogen-bond donors (Lipinski definition) is 1. The van der Waals surface area contributed by atoms with Crippen LogP contribution in [0.2, 0.25) is 0 Å². The van der Waals surface area contributed by atoms with Gasteiger partial charge in [-0.3, -0.25) is 4.79 Å². The molecular formula is C19H30N2O4S. The minimum atomic E-state index is -3.15. The van der Waals surface area contributed by atoms with Crippen LogP contribution in [0.3, 0.4) is 0 Å². The SMILES string of the molecule is CCCCS(=O)(=O)N1CCC(NC(=O)Cc2ccc(OCC)cc2)CC1. The molecule has 0 saturated carbocycles. The molecule has 1 aliphatic heterocycles. The lowest BCUT2D eigenvalue weighted by molar-refractivity contribution is -0.121. The van der Waals surface area contributed by atoms with Crippen molar-refractivity contribution in [2.75, 3.05) is 25.4 Å². The largest absolute Gasteiger partial charge is 0.494 e. The number of nitrogens with one attached hydrogen (secondary N) is 1. The summed E-state index contributed by atoms with van der Waals surface area (Å²) < 4.78 is 31.4. The molecule has 0 bridgehead atoms. The lowest BCUT2D eigenvalue weighted by atomic mass is 10.1. The molecule has 1 heterocycles. The quantitative estimate of drug-likeness (QED) is 0.711. The number of hydrogen-bond acceptors (Lipinski definition) is 4. The number of unbranched alkanes of at least 4 members (excludes halogenated alkanes) is 1. The fourth-order valence-corrected chi connectivity index (χ4v) is 4.75. The van der Waals surface area contributed by atoms with E-state index >= 15 is 0 Å². The highest BCUT2D eigenvalue weighted by Crippen LogP contribution is 2.16. The van der Waals surface area contributed by atoms with Gasteiger partial charge >= 0.3 is 0 Å². The average Bonchev–Trinajstić information content (AvgIpc) is 2.62. The summed E-state index contributed by atoms with van der Waals surface area (Å²) in [5.41, 5.74) is 0.936. The summed E-state index contributed by atoms with van der Waals surface area (Å²) in [6.45, 7) is 5.51. The van der Waals surface area contributed by atoms with Gasteiger partial charge in [0.15, 0.2) is 0 Å².